The number of carbonyl (C=O) groups excluding carboxylic acids is 1. The molecule has 6 heteroatoms. The summed E-state index contributed by atoms with van der Waals surface area (Å²) in [6.07, 6.45) is 1.81. The van der Waals surface area contributed by atoms with E-state index in [1.165, 1.54) is 15.0 Å². The van der Waals surface area contributed by atoms with Crippen LogP contribution in [0.15, 0.2) is 48.7 Å². The first-order chi connectivity index (χ1) is 14.4. The topological polar surface area (TPSA) is 45.7 Å². The van der Waals surface area contributed by atoms with Gasteiger partial charge in [-0.25, -0.2) is 4.79 Å². The molecule has 0 radical (unpaired) electrons. The second-order valence-corrected chi connectivity index (χ2v) is 10.4. The lowest BCUT2D eigenvalue weighted by Gasteiger charge is -2.26. The van der Waals surface area contributed by atoms with Gasteiger partial charge in [-0.3, -0.25) is 4.98 Å². The third-order valence-electron chi connectivity index (χ3n) is 5.93. The van der Waals surface area contributed by atoms with Gasteiger partial charge in [-0.1, -0.05) is 18.2 Å². The largest absolute Gasteiger partial charge is 0.444 e. The summed E-state index contributed by atoms with van der Waals surface area (Å²) >= 11 is 1.78. The zero-order chi connectivity index (χ0) is 20.9. The van der Waals surface area contributed by atoms with Crippen molar-refractivity contribution >= 4 is 33.2 Å². The van der Waals surface area contributed by atoms with Crippen molar-refractivity contribution in [3.63, 3.8) is 0 Å². The molecule has 3 aromatic rings. The Balaban J connectivity index is 1.24. The molecule has 5 rings (SSSR count). The molecule has 0 bridgehead atoms. The van der Waals surface area contributed by atoms with E-state index in [9.17, 15) is 4.79 Å². The Hall–Kier alpha value is -2.60. The number of carbonyl (C=O) groups is 1. The van der Waals surface area contributed by atoms with E-state index in [1.807, 2.05) is 31.9 Å². The van der Waals surface area contributed by atoms with E-state index in [4.69, 9.17) is 9.72 Å². The van der Waals surface area contributed by atoms with Crippen LogP contribution in [0.5, 0.6) is 0 Å². The summed E-state index contributed by atoms with van der Waals surface area (Å²) in [5.41, 5.74) is 1.75. The fourth-order valence-corrected chi connectivity index (χ4v) is 5.55. The number of fused-ring (bicyclic) bond motifs is 2. The van der Waals surface area contributed by atoms with Crippen LogP contribution in [0, 0.1) is 11.8 Å². The molecule has 2 fully saturated rings. The minimum atomic E-state index is -0.442. The molecule has 2 aliphatic rings. The molecule has 1 amide bonds. The van der Waals surface area contributed by atoms with Crippen molar-refractivity contribution in [2.45, 2.75) is 26.4 Å². The van der Waals surface area contributed by atoms with Gasteiger partial charge in [0.25, 0.3) is 0 Å². The zero-order valence-electron chi connectivity index (χ0n) is 17.7. The first-order valence-electron chi connectivity index (χ1n) is 10.5. The maximum absolute atomic E-state index is 12.4. The maximum Gasteiger partial charge on any atom is 0.410 e. The van der Waals surface area contributed by atoms with Crippen LogP contribution in [0.3, 0.4) is 0 Å². The number of likely N-dealkylation sites (tertiary alicyclic amines) is 1. The van der Waals surface area contributed by atoms with E-state index < -0.39 is 5.60 Å². The van der Waals surface area contributed by atoms with Crippen LogP contribution in [-0.4, -0.2) is 47.8 Å². The number of anilines is 1. The highest BCUT2D eigenvalue weighted by atomic mass is 32.1. The van der Waals surface area contributed by atoms with Gasteiger partial charge in [-0.15, -0.1) is 11.3 Å². The number of benzene rings is 1. The third-order valence-corrected chi connectivity index (χ3v) is 7.07. The number of amides is 1. The Labute approximate surface area is 181 Å². The Morgan fingerprint density at radius 2 is 1.80 bits per heavy atom. The van der Waals surface area contributed by atoms with Gasteiger partial charge in [0.2, 0.25) is 0 Å². The van der Waals surface area contributed by atoms with Gasteiger partial charge < -0.3 is 14.5 Å². The molecule has 156 valence electrons. The summed E-state index contributed by atoms with van der Waals surface area (Å²) in [4.78, 5) is 22.6. The summed E-state index contributed by atoms with van der Waals surface area (Å²) in [7, 11) is 0. The predicted octanol–water partition coefficient (Wildman–Crippen LogP) is 5.27. The number of thiophene rings is 1. The van der Waals surface area contributed by atoms with Crippen molar-refractivity contribution in [2.24, 2.45) is 11.8 Å². The Bertz CT molecular complexity index is 1020. The van der Waals surface area contributed by atoms with Crippen molar-refractivity contribution in [3.8, 4) is 10.6 Å². The lowest BCUT2D eigenvalue weighted by molar-refractivity contribution is 0.0282. The van der Waals surface area contributed by atoms with Crippen LogP contribution >= 0.6 is 11.3 Å². The molecule has 2 atom stereocenters. The first kappa shape index (κ1) is 19.4. The quantitative estimate of drug-likeness (QED) is 0.566. The number of hydrogen-bond acceptors (Lipinski definition) is 5. The summed E-state index contributed by atoms with van der Waals surface area (Å²) < 4.78 is 6.83. The molecule has 2 aliphatic heterocycles. The Kier molecular flexibility index (Phi) is 4.69. The van der Waals surface area contributed by atoms with Crippen molar-refractivity contribution in [1.29, 1.82) is 0 Å². The minimum absolute atomic E-state index is 0.183. The van der Waals surface area contributed by atoms with Crippen molar-refractivity contribution in [2.75, 3.05) is 31.1 Å². The van der Waals surface area contributed by atoms with E-state index in [1.54, 1.807) is 11.3 Å². The smallest absolute Gasteiger partial charge is 0.410 e. The molecular weight excluding hydrogens is 394 g/mol. The molecular formula is C24H27N3O2S. The van der Waals surface area contributed by atoms with Gasteiger partial charge in [0.15, 0.2) is 0 Å². The van der Waals surface area contributed by atoms with Crippen LogP contribution in [0.1, 0.15) is 20.8 Å². The van der Waals surface area contributed by atoms with Gasteiger partial charge in [0, 0.05) is 42.7 Å². The van der Waals surface area contributed by atoms with E-state index in [-0.39, 0.29) is 6.09 Å². The first-order valence-corrected chi connectivity index (χ1v) is 11.4. The van der Waals surface area contributed by atoms with Gasteiger partial charge >= 0.3 is 6.09 Å². The summed E-state index contributed by atoms with van der Waals surface area (Å²) in [5.74, 6) is 1.000. The number of nitrogens with zero attached hydrogens (tertiary/aromatic N) is 3. The average molecular weight is 422 g/mol. The standard InChI is InChI=1S/C24H27N3O2S/c1-24(2,3)29-23(28)27-14-17-12-26(13-18(17)15-27)19-8-9-20(25-11-19)22-10-16-6-4-5-7-21(16)30-22/h4-11,17-18H,12-15H2,1-3H3. The molecule has 2 saturated heterocycles. The highest BCUT2D eigenvalue weighted by molar-refractivity contribution is 7.22. The number of aromatic nitrogens is 1. The Morgan fingerprint density at radius 3 is 2.43 bits per heavy atom. The molecule has 0 N–H and O–H groups in total. The van der Waals surface area contributed by atoms with Crippen molar-refractivity contribution in [1.82, 2.24) is 9.88 Å². The molecule has 4 heterocycles. The molecule has 30 heavy (non-hydrogen) atoms. The van der Waals surface area contributed by atoms with Crippen LogP contribution in [0.2, 0.25) is 0 Å². The Morgan fingerprint density at radius 1 is 1.07 bits per heavy atom. The van der Waals surface area contributed by atoms with Crippen molar-refractivity contribution < 1.29 is 9.53 Å². The number of pyridine rings is 1. The summed E-state index contributed by atoms with van der Waals surface area (Å²) in [6.45, 7) is 9.24. The highest BCUT2D eigenvalue weighted by Gasteiger charge is 2.42. The van der Waals surface area contributed by atoms with Crippen LogP contribution < -0.4 is 4.90 Å². The lowest BCUT2D eigenvalue weighted by Crippen LogP contribution is -2.37. The SMILES string of the molecule is CC(C)(C)OC(=O)N1CC2CN(c3ccc(-c4cc5ccccc5s4)nc3)CC2C1. The molecule has 2 unspecified atom stereocenters. The maximum atomic E-state index is 12.4. The minimum Gasteiger partial charge on any atom is -0.444 e. The van der Waals surface area contributed by atoms with Crippen LogP contribution in [0.25, 0.3) is 20.7 Å². The zero-order valence-corrected chi connectivity index (χ0v) is 18.5. The summed E-state index contributed by atoms with van der Waals surface area (Å²) in [6, 6.07) is 15.0. The number of ether oxygens (including phenoxy) is 1. The normalized spacial score (nSPS) is 21.3. The average Bonchev–Trinajstić information content (AvgIpc) is 3.39. The third kappa shape index (κ3) is 3.76. The second kappa shape index (κ2) is 7.27. The van der Waals surface area contributed by atoms with Crippen LogP contribution in [-0.2, 0) is 4.74 Å². The summed E-state index contributed by atoms with van der Waals surface area (Å²) in [5, 5.41) is 1.27. The van der Waals surface area contributed by atoms with Crippen molar-refractivity contribution in [3.05, 3.63) is 48.7 Å². The highest BCUT2D eigenvalue weighted by Crippen LogP contribution is 2.36. The van der Waals surface area contributed by atoms with Gasteiger partial charge in [-0.05, 0) is 50.4 Å². The number of rotatable bonds is 2. The molecule has 0 saturated carbocycles. The van der Waals surface area contributed by atoms with Gasteiger partial charge in [0.05, 0.1) is 22.5 Å². The van der Waals surface area contributed by atoms with E-state index in [2.05, 4.69) is 47.4 Å². The van der Waals surface area contributed by atoms with Gasteiger partial charge in [0.1, 0.15) is 5.60 Å². The molecule has 0 aliphatic carbocycles. The fourth-order valence-electron chi connectivity index (χ4n) is 4.51. The second-order valence-electron chi connectivity index (χ2n) is 9.36. The molecule has 1 aromatic carbocycles. The van der Waals surface area contributed by atoms with E-state index in [0.29, 0.717) is 11.8 Å². The van der Waals surface area contributed by atoms with Gasteiger partial charge in [-0.2, -0.15) is 0 Å². The lowest BCUT2D eigenvalue weighted by atomic mass is 10.0. The van der Waals surface area contributed by atoms with E-state index in [0.717, 1.165) is 37.6 Å². The molecule has 2 aromatic heterocycles. The fraction of sp³-hybridized carbons (Fsp3) is 0.417. The predicted molar refractivity (Wildman–Crippen MR) is 122 cm³/mol. The number of hydrogen-bond donors (Lipinski definition) is 0. The monoisotopic (exact) mass is 421 g/mol. The van der Waals surface area contributed by atoms with Crippen LogP contribution in [0.4, 0.5) is 10.5 Å². The molecule has 0 spiro atoms. The van der Waals surface area contributed by atoms with E-state index >= 15 is 0 Å². The molecule has 5 nitrogen and oxygen atoms in total.